The van der Waals surface area contributed by atoms with Crippen LogP contribution in [0.2, 0.25) is 18.1 Å². The number of halogens is 1. The Morgan fingerprint density at radius 2 is 1.13 bits per heavy atom. The highest BCUT2D eigenvalue weighted by atomic mass is 127. The summed E-state index contributed by atoms with van der Waals surface area (Å²) < 4.78 is 13.0. The van der Waals surface area contributed by atoms with Gasteiger partial charge in [-0.05, 0) is 86.6 Å². The van der Waals surface area contributed by atoms with Gasteiger partial charge in [0.25, 0.3) is 0 Å². The van der Waals surface area contributed by atoms with Crippen LogP contribution in [0.4, 0.5) is 0 Å². The lowest BCUT2D eigenvalue weighted by Gasteiger charge is -2.29. The zero-order valence-corrected chi connectivity index (χ0v) is 28.3. The quantitative estimate of drug-likeness (QED) is 0.0966. The Kier molecular flexibility index (Phi) is 13.7. The van der Waals surface area contributed by atoms with Crippen LogP contribution in [0.15, 0.2) is 91.0 Å². The van der Waals surface area contributed by atoms with E-state index in [9.17, 15) is 0 Å². The molecule has 4 rings (SSSR count). The second-order valence-electron chi connectivity index (χ2n) is 10.9. The Morgan fingerprint density at radius 3 is 1.59 bits per heavy atom. The number of rotatable bonds is 15. The fraction of sp³-hybridized carbons (Fsp3) is 0.471. The summed E-state index contributed by atoms with van der Waals surface area (Å²) in [5.74, 6) is 0. The molecule has 0 spiro atoms. The third kappa shape index (κ3) is 8.26. The van der Waals surface area contributed by atoms with Gasteiger partial charge in [-0.1, -0.05) is 81.8 Å². The molecule has 39 heavy (non-hydrogen) atoms. The highest BCUT2D eigenvalue weighted by molar-refractivity contribution is 7.95. The van der Waals surface area contributed by atoms with Crippen LogP contribution in [0.1, 0.15) is 59.3 Å². The van der Waals surface area contributed by atoms with E-state index in [-0.39, 0.29) is 24.0 Å². The highest BCUT2D eigenvalue weighted by Gasteiger charge is 2.44. The second-order valence-corrected chi connectivity index (χ2v) is 19.3. The minimum atomic E-state index is -1.71. The van der Waals surface area contributed by atoms with E-state index in [1.807, 2.05) is 0 Å². The molecule has 0 unspecified atom stereocenters. The molecule has 5 heteroatoms. The van der Waals surface area contributed by atoms with E-state index in [0.29, 0.717) is 12.2 Å². The van der Waals surface area contributed by atoms with Crippen LogP contribution in [0, 0.1) is 0 Å². The van der Waals surface area contributed by atoms with Gasteiger partial charge in [0.05, 0.1) is 25.0 Å². The largest absolute Gasteiger partial charge is 1.00 e. The third-order valence-electron chi connectivity index (χ3n) is 8.81. The van der Waals surface area contributed by atoms with Crippen LogP contribution in [0.3, 0.4) is 0 Å². The molecule has 1 fully saturated rings. The smallest absolute Gasteiger partial charge is 0.192 e. The van der Waals surface area contributed by atoms with E-state index in [1.165, 1.54) is 72.3 Å². The first-order valence-corrected chi connectivity index (χ1v) is 19.5. The summed E-state index contributed by atoms with van der Waals surface area (Å²) in [4.78, 5) is 0. The molecule has 0 aliphatic carbocycles. The fourth-order valence-corrected chi connectivity index (χ4v) is 13.3. The van der Waals surface area contributed by atoms with E-state index < -0.39 is 15.6 Å². The van der Waals surface area contributed by atoms with Crippen molar-refractivity contribution in [1.82, 2.24) is 0 Å². The monoisotopic (exact) mass is 674 g/mol. The molecule has 1 saturated heterocycles. The second kappa shape index (κ2) is 16.4. The maximum Gasteiger partial charge on any atom is 0.192 e. The summed E-state index contributed by atoms with van der Waals surface area (Å²) in [5, 5.41) is 4.47. The summed E-state index contributed by atoms with van der Waals surface area (Å²) in [6, 6.07) is 37.5. The van der Waals surface area contributed by atoms with Crippen LogP contribution in [0.25, 0.3) is 0 Å². The van der Waals surface area contributed by atoms with Crippen molar-refractivity contribution in [2.45, 2.75) is 89.6 Å². The SMILES string of the molecule is CC[Si](CC)(CC)OC[C@@H]1CC[C@H](CCCCC[P+](c2ccccc2)(c2ccccc2)c2ccccc2)O1.[I-]. The van der Waals surface area contributed by atoms with Crippen LogP contribution < -0.4 is 39.9 Å². The Morgan fingerprint density at radius 1 is 0.667 bits per heavy atom. The molecule has 2 atom stereocenters. The van der Waals surface area contributed by atoms with E-state index in [4.69, 9.17) is 9.16 Å². The first-order chi connectivity index (χ1) is 18.7. The van der Waals surface area contributed by atoms with Gasteiger partial charge in [0.1, 0.15) is 23.2 Å². The third-order valence-corrected chi connectivity index (χ3v) is 18.0. The van der Waals surface area contributed by atoms with Gasteiger partial charge < -0.3 is 33.1 Å². The van der Waals surface area contributed by atoms with Gasteiger partial charge in [-0.25, -0.2) is 0 Å². The predicted octanol–water partition coefficient (Wildman–Crippen LogP) is 5.11. The number of hydrogen-bond acceptors (Lipinski definition) is 2. The van der Waals surface area contributed by atoms with E-state index in [2.05, 4.69) is 112 Å². The number of hydrogen-bond donors (Lipinski definition) is 0. The van der Waals surface area contributed by atoms with Crippen molar-refractivity contribution in [1.29, 1.82) is 0 Å². The normalized spacial score (nSPS) is 17.6. The van der Waals surface area contributed by atoms with Gasteiger partial charge in [0.15, 0.2) is 8.32 Å². The zero-order chi connectivity index (χ0) is 26.7. The number of unbranched alkanes of at least 4 members (excludes halogenated alkanes) is 2. The lowest BCUT2D eigenvalue weighted by Crippen LogP contribution is -3.00. The minimum absolute atomic E-state index is 0. The molecule has 0 radical (unpaired) electrons. The molecule has 1 aliphatic heterocycles. The molecule has 0 bridgehead atoms. The van der Waals surface area contributed by atoms with Crippen molar-refractivity contribution < 1.29 is 33.1 Å². The summed E-state index contributed by atoms with van der Waals surface area (Å²) in [7, 11) is -3.23. The average molecular weight is 675 g/mol. The maximum absolute atomic E-state index is 6.53. The Labute approximate surface area is 256 Å². The van der Waals surface area contributed by atoms with Gasteiger partial charge in [0.2, 0.25) is 0 Å². The van der Waals surface area contributed by atoms with Crippen molar-refractivity contribution in [3.63, 3.8) is 0 Å². The zero-order valence-electron chi connectivity index (χ0n) is 24.2. The molecular formula is C34H48IO2PSi. The molecule has 1 heterocycles. The number of benzene rings is 3. The van der Waals surface area contributed by atoms with Gasteiger partial charge in [-0.2, -0.15) is 0 Å². The van der Waals surface area contributed by atoms with E-state index >= 15 is 0 Å². The molecule has 0 aromatic heterocycles. The molecular weight excluding hydrogens is 626 g/mol. The standard InChI is InChI=1S/C34H48O2PSi.HI/c1-4-38(5-2,6-3)35-29-31-27-26-30(36-31)19-11-10-18-28-37(32-20-12-7-13-21-32,33-22-14-8-15-23-33)34-24-16-9-17-25-34;/h7-9,12-17,20-25,30-31H,4-6,10-11,18-19,26-29H2,1-3H3;1H/q+1;/p-1/t30-,31-;/m0./s1. The minimum Gasteiger partial charge on any atom is -1.00 e. The fourth-order valence-electron chi connectivity index (χ4n) is 6.22. The first-order valence-electron chi connectivity index (χ1n) is 15.0. The van der Waals surface area contributed by atoms with E-state index in [1.54, 1.807) is 0 Å². The maximum atomic E-state index is 6.53. The van der Waals surface area contributed by atoms with Crippen LogP contribution in [0.5, 0.6) is 0 Å². The van der Waals surface area contributed by atoms with Crippen molar-refractivity contribution in [3.05, 3.63) is 91.0 Å². The van der Waals surface area contributed by atoms with Crippen molar-refractivity contribution in [3.8, 4) is 0 Å². The Balaban J connectivity index is 0.00000420. The summed E-state index contributed by atoms with van der Waals surface area (Å²) >= 11 is 0. The van der Waals surface area contributed by atoms with Gasteiger partial charge >= 0.3 is 0 Å². The lowest BCUT2D eigenvalue weighted by atomic mass is 10.1. The number of ether oxygens (including phenoxy) is 1. The van der Waals surface area contributed by atoms with Crippen LogP contribution in [-0.4, -0.2) is 33.3 Å². The van der Waals surface area contributed by atoms with E-state index in [0.717, 1.165) is 13.0 Å². The van der Waals surface area contributed by atoms with Crippen molar-refractivity contribution in [2.24, 2.45) is 0 Å². The Bertz CT molecular complexity index is 957. The average Bonchev–Trinajstić information content (AvgIpc) is 3.45. The van der Waals surface area contributed by atoms with Crippen molar-refractivity contribution >= 4 is 31.5 Å². The summed E-state index contributed by atoms with van der Waals surface area (Å²) in [6.45, 7) is 7.74. The molecule has 0 saturated carbocycles. The van der Waals surface area contributed by atoms with Gasteiger partial charge in [0, 0.05) is 0 Å². The summed E-state index contributed by atoms with van der Waals surface area (Å²) in [5.41, 5.74) is 0. The molecule has 1 aliphatic rings. The van der Waals surface area contributed by atoms with Crippen LogP contribution >= 0.6 is 7.26 Å². The molecule has 0 amide bonds. The highest BCUT2D eigenvalue weighted by Crippen LogP contribution is 2.56. The topological polar surface area (TPSA) is 18.5 Å². The van der Waals surface area contributed by atoms with Gasteiger partial charge in [-0.3, -0.25) is 0 Å². The van der Waals surface area contributed by atoms with Gasteiger partial charge in [-0.15, -0.1) is 0 Å². The van der Waals surface area contributed by atoms with Crippen molar-refractivity contribution in [2.75, 3.05) is 12.8 Å². The molecule has 212 valence electrons. The molecule has 3 aromatic rings. The predicted molar refractivity (Wildman–Crippen MR) is 170 cm³/mol. The molecule has 2 nitrogen and oxygen atoms in total. The van der Waals surface area contributed by atoms with Crippen LogP contribution in [-0.2, 0) is 9.16 Å². The summed E-state index contributed by atoms with van der Waals surface area (Å²) in [6.07, 6.45) is 9.22. The first kappa shape index (κ1) is 32.5. The molecule has 0 N–H and O–H groups in total. The lowest BCUT2D eigenvalue weighted by molar-refractivity contribution is -0.0000146. The molecule has 3 aromatic carbocycles. The Hall–Kier alpha value is -1.04.